The van der Waals surface area contributed by atoms with Gasteiger partial charge < -0.3 is 9.84 Å². The zero-order valence-corrected chi connectivity index (χ0v) is 17.8. The minimum atomic E-state index is -0.791. The van der Waals surface area contributed by atoms with Crippen LogP contribution in [0.2, 0.25) is 0 Å². The summed E-state index contributed by atoms with van der Waals surface area (Å²) < 4.78 is 5.50. The highest BCUT2D eigenvalue weighted by atomic mass is 32.1. The molecule has 0 unspecified atom stereocenters. The summed E-state index contributed by atoms with van der Waals surface area (Å²) >= 11 is 1.70. The number of hydrogen-bond acceptors (Lipinski definition) is 4. The number of benzene rings is 1. The van der Waals surface area contributed by atoms with E-state index in [0.717, 1.165) is 61.3 Å². The third kappa shape index (κ3) is 3.76. The first-order valence-corrected chi connectivity index (χ1v) is 10.9. The van der Waals surface area contributed by atoms with Crippen molar-refractivity contribution < 1.29 is 14.6 Å². The lowest BCUT2D eigenvalue weighted by atomic mass is 9.76. The maximum absolute atomic E-state index is 12.3. The number of thiophene rings is 1. The molecule has 1 N–H and O–H groups in total. The molecule has 2 aliphatic rings. The summed E-state index contributed by atoms with van der Waals surface area (Å²) in [6, 6.07) is 8.31. The van der Waals surface area contributed by atoms with Gasteiger partial charge in [-0.1, -0.05) is 38.1 Å². The first kappa shape index (κ1) is 19.6. The van der Waals surface area contributed by atoms with Gasteiger partial charge in [-0.2, -0.15) is 0 Å². The number of ether oxygens (including phenoxy) is 1. The van der Waals surface area contributed by atoms with E-state index in [1.54, 1.807) is 18.4 Å². The van der Waals surface area contributed by atoms with Crippen LogP contribution in [0.5, 0.6) is 0 Å². The maximum Gasteiger partial charge on any atom is 0.337 e. The molecule has 4 rings (SSSR count). The van der Waals surface area contributed by atoms with E-state index in [0.29, 0.717) is 11.7 Å². The molecule has 2 aromatic rings. The third-order valence-corrected chi connectivity index (χ3v) is 7.53. The zero-order valence-electron chi connectivity index (χ0n) is 17.0. The largest absolute Gasteiger partial charge is 0.478 e. The molecular weight excluding hydrogens is 370 g/mol. The molecule has 1 saturated heterocycles. The lowest BCUT2D eigenvalue weighted by Crippen LogP contribution is -2.23. The SMILES string of the molecule is CO[C@@H]1CCN(Cc2ccccc2-c2sc3c(c2C(=O)O)CC(C)(C)CC3)C1. The number of rotatable bonds is 5. The Morgan fingerprint density at radius 2 is 2.14 bits per heavy atom. The van der Waals surface area contributed by atoms with E-state index in [1.807, 2.05) is 6.07 Å². The minimum absolute atomic E-state index is 0.166. The Morgan fingerprint density at radius 3 is 2.86 bits per heavy atom. The standard InChI is InChI=1S/C23H29NO3S/c1-23(2)10-8-19-18(12-23)20(22(25)26)21(28-19)17-7-5-4-6-15(17)13-24-11-9-16(14-24)27-3/h4-7,16H,8-14H2,1-3H3,(H,25,26)/t16-/m1/s1. The molecule has 1 aromatic heterocycles. The highest BCUT2D eigenvalue weighted by Crippen LogP contribution is 2.45. The summed E-state index contributed by atoms with van der Waals surface area (Å²) in [5.74, 6) is -0.791. The molecule has 2 heterocycles. The van der Waals surface area contributed by atoms with Crippen molar-refractivity contribution in [1.29, 1.82) is 0 Å². The van der Waals surface area contributed by atoms with E-state index in [1.165, 1.54) is 10.4 Å². The molecule has 0 amide bonds. The number of methoxy groups -OCH3 is 1. The molecule has 1 aromatic carbocycles. The van der Waals surface area contributed by atoms with Gasteiger partial charge in [0.15, 0.2) is 0 Å². The van der Waals surface area contributed by atoms with Crippen LogP contribution in [0.4, 0.5) is 0 Å². The minimum Gasteiger partial charge on any atom is -0.478 e. The first-order valence-electron chi connectivity index (χ1n) is 10.1. The fourth-order valence-electron chi connectivity index (χ4n) is 4.59. The van der Waals surface area contributed by atoms with E-state index in [4.69, 9.17) is 4.74 Å². The van der Waals surface area contributed by atoms with Crippen LogP contribution in [0.1, 0.15) is 53.1 Å². The number of likely N-dealkylation sites (tertiary alicyclic amines) is 1. The van der Waals surface area contributed by atoms with Gasteiger partial charge in [0.05, 0.1) is 11.7 Å². The predicted molar refractivity (Wildman–Crippen MR) is 113 cm³/mol. The van der Waals surface area contributed by atoms with Crippen LogP contribution in [0, 0.1) is 5.41 Å². The predicted octanol–water partition coefficient (Wildman–Crippen LogP) is 4.85. The Balaban J connectivity index is 1.72. The summed E-state index contributed by atoms with van der Waals surface area (Å²) in [5.41, 5.74) is 4.06. The number of aryl methyl sites for hydroxylation is 1. The van der Waals surface area contributed by atoms with Crippen LogP contribution in [-0.2, 0) is 24.1 Å². The topological polar surface area (TPSA) is 49.8 Å². The molecular formula is C23H29NO3S. The van der Waals surface area contributed by atoms with Gasteiger partial charge in [0.25, 0.3) is 0 Å². The van der Waals surface area contributed by atoms with Crippen molar-refractivity contribution in [3.63, 3.8) is 0 Å². The Hall–Kier alpha value is -1.69. The molecule has 5 heteroatoms. The summed E-state index contributed by atoms with van der Waals surface area (Å²) in [5, 5.41) is 10.1. The first-order chi connectivity index (χ1) is 13.4. The van der Waals surface area contributed by atoms with Crippen LogP contribution in [-0.4, -0.2) is 42.3 Å². The second-order valence-corrected chi connectivity index (χ2v) is 10.00. The Kier molecular flexibility index (Phi) is 5.34. The summed E-state index contributed by atoms with van der Waals surface area (Å²) in [6.07, 6.45) is 4.31. The van der Waals surface area contributed by atoms with Gasteiger partial charge in [-0.25, -0.2) is 4.79 Å². The quantitative estimate of drug-likeness (QED) is 0.781. The second-order valence-electron chi connectivity index (χ2n) is 8.89. The van der Waals surface area contributed by atoms with Gasteiger partial charge in [-0.3, -0.25) is 4.90 Å². The van der Waals surface area contributed by atoms with Gasteiger partial charge in [-0.15, -0.1) is 11.3 Å². The second kappa shape index (κ2) is 7.62. The Bertz CT molecular complexity index is 886. The van der Waals surface area contributed by atoms with Gasteiger partial charge in [0.2, 0.25) is 0 Å². The van der Waals surface area contributed by atoms with Crippen molar-refractivity contribution in [3.8, 4) is 10.4 Å². The van der Waals surface area contributed by atoms with E-state index in [9.17, 15) is 9.90 Å². The molecule has 1 fully saturated rings. The molecule has 28 heavy (non-hydrogen) atoms. The van der Waals surface area contributed by atoms with Crippen molar-refractivity contribution in [2.24, 2.45) is 5.41 Å². The average molecular weight is 400 g/mol. The summed E-state index contributed by atoms with van der Waals surface area (Å²) in [4.78, 5) is 16.9. The van der Waals surface area contributed by atoms with E-state index in [2.05, 4.69) is 36.9 Å². The van der Waals surface area contributed by atoms with Crippen LogP contribution in [0.3, 0.4) is 0 Å². The number of carboxylic acids is 1. The van der Waals surface area contributed by atoms with Gasteiger partial charge in [0, 0.05) is 36.5 Å². The van der Waals surface area contributed by atoms with Gasteiger partial charge in [-0.05, 0) is 47.8 Å². The molecule has 0 radical (unpaired) electrons. The van der Waals surface area contributed by atoms with E-state index < -0.39 is 5.97 Å². The third-order valence-electron chi connectivity index (χ3n) is 6.21. The van der Waals surface area contributed by atoms with Crippen molar-refractivity contribution in [3.05, 3.63) is 45.8 Å². The van der Waals surface area contributed by atoms with Crippen molar-refractivity contribution in [2.75, 3.05) is 20.2 Å². The normalized spacial score (nSPS) is 21.6. The highest BCUT2D eigenvalue weighted by molar-refractivity contribution is 7.16. The number of carboxylic acid groups (broad SMARTS) is 1. The highest BCUT2D eigenvalue weighted by Gasteiger charge is 2.33. The summed E-state index contributed by atoms with van der Waals surface area (Å²) in [6.45, 7) is 7.28. The number of hydrogen-bond donors (Lipinski definition) is 1. The molecule has 4 nitrogen and oxygen atoms in total. The van der Waals surface area contributed by atoms with Crippen molar-refractivity contribution >= 4 is 17.3 Å². The smallest absolute Gasteiger partial charge is 0.337 e. The van der Waals surface area contributed by atoms with Crippen LogP contribution >= 0.6 is 11.3 Å². The van der Waals surface area contributed by atoms with E-state index in [-0.39, 0.29) is 5.41 Å². The Morgan fingerprint density at radius 1 is 1.36 bits per heavy atom. The fraction of sp³-hybridized carbons (Fsp3) is 0.522. The Labute approximate surface area is 171 Å². The molecule has 150 valence electrons. The number of aromatic carboxylic acids is 1. The molecule has 0 spiro atoms. The molecule has 1 aliphatic carbocycles. The molecule has 1 atom stereocenters. The number of nitrogens with zero attached hydrogens (tertiary/aromatic N) is 1. The average Bonchev–Trinajstić information content (AvgIpc) is 3.25. The van der Waals surface area contributed by atoms with Crippen LogP contribution in [0.15, 0.2) is 24.3 Å². The lowest BCUT2D eigenvalue weighted by molar-refractivity contribution is 0.0696. The molecule has 1 aliphatic heterocycles. The van der Waals surface area contributed by atoms with Gasteiger partial charge in [0.1, 0.15) is 0 Å². The van der Waals surface area contributed by atoms with Crippen LogP contribution in [0.25, 0.3) is 10.4 Å². The van der Waals surface area contributed by atoms with Gasteiger partial charge >= 0.3 is 5.97 Å². The maximum atomic E-state index is 12.3. The molecule has 0 saturated carbocycles. The van der Waals surface area contributed by atoms with E-state index >= 15 is 0 Å². The monoisotopic (exact) mass is 399 g/mol. The van der Waals surface area contributed by atoms with Crippen LogP contribution < -0.4 is 0 Å². The summed E-state index contributed by atoms with van der Waals surface area (Å²) in [7, 11) is 1.78. The molecule has 0 bridgehead atoms. The lowest BCUT2D eigenvalue weighted by Gasteiger charge is -2.29. The van der Waals surface area contributed by atoms with Crippen molar-refractivity contribution in [2.45, 2.75) is 52.2 Å². The number of carbonyl (C=O) groups is 1. The fourth-order valence-corrected chi connectivity index (χ4v) is 5.96. The zero-order chi connectivity index (χ0) is 19.9. The van der Waals surface area contributed by atoms with Crippen molar-refractivity contribution in [1.82, 2.24) is 4.90 Å². The number of fused-ring (bicyclic) bond motifs is 1.